The number of aryl methyl sites for hydroxylation is 2. The summed E-state index contributed by atoms with van der Waals surface area (Å²) in [6, 6.07) is 0. The Labute approximate surface area is 92.9 Å². The van der Waals surface area contributed by atoms with Gasteiger partial charge in [-0.1, -0.05) is 13.8 Å². The molecule has 1 heterocycles. The average molecular weight is 209 g/mol. The van der Waals surface area contributed by atoms with Crippen LogP contribution in [0.5, 0.6) is 0 Å². The highest BCUT2D eigenvalue weighted by molar-refractivity contribution is 5.03. The van der Waals surface area contributed by atoms with E-state index in [1.54, 1.807) is 0 Å². The molecule has 15 heavy (non-hydrogen) atoms. The monoisotopic (exact) mass is 209 g/mol. The molecular weight excluding hydrogens is 186 g/mol. The van der Waals surface area contributed by atoms with Crippen LogP contribution in [-0.2, 0) is 13.5 Å². The molecule has 0 aliphatic carbocycles. The molecule has 1 aromatic heterocycles. The second-order valence-electron chi connectivity index (χ2n) is 4.57. The Morgan fingerprint density at radius 3 is 2.67 bits per heavy atom. The van der Waals surface area contributed by atoms with Gasteiger partial charge in [0.2, 0.25) is 0 Å². The Hall–Kier alpha value is -0.830. The summed E-state index contributed by atoms with van der Waals surface area (Å²) in [5.74, 6) is 1.50. The molecular formula is C12H23N3. The summed E-state index contributed by atoms with van der Waals surface area (Å²) in [7, 11) is 3.99. The van der Waals surface area contributed by atoms with E-state index in [0.29, 0.717) is 0 Å². The van der Waals surface area contributed by atoms with Crippen molar-refractivity contribution in [2.45, 2.75) is 26.7 Å². The van der Waals surface area contributed by atoms with Gasteiger partial charge in [0.1, 0.15) is 0 Å². The highest BCUT2D eigenvalue weighted by atomic mass is 15.2. The van der Waals surface area contributed by atoms with Gasteiger partial charge in [0.05, 0.1) is 6.20 Å². The Bertz CT molecular complexity index is 280. The summed E-state index contributed by atoms with van der Waals surface area (Å²) in [4.78, 5) is 0. The maximum absolute atomic E-state index is 4.18. The van der Waals surface area contributed by atoms with Gasteiger partial charge in [-0.3, -0.25) is 4.68 Å². The topological polar surface area (TPSA) is 29.9 Å². The summed E-state index contributed by atoms with van der Waals surface area (Å²) in [6.45, 7) is 5.75. The highest BCUT2D eigenvalue weighted by Gasteiger charge is 2.11. The minimum atomic E-state index is 0.742. The van der Waals surface area contributed by atoms with Crippen molar-refractivity contribution in [1.82, 2.24) is 15.1 Å². The summed E-state index contributed by atoms with van der Waals surface area (Å²) < 4.78 is 1.87. The van der Waals surface area contributed by atoms with Gasteiger partial charge in [-0.15, -0.1) is 0 Å². The lowest BCUT2D eigenvalue weighted by Crippen LogP contribution is -2.22. The van der Waals surface area contributed by atoms with Crippen LogP contribution >= 0.6 is 0 Å². The van der Waals surface area contributed by atoms with Gasteiger partial charge < -0.3 is 5.32 Å². The molecule has 0 fully saturated rings. The number of hydrogen-bond donors (Lipinski definition) is 1. The Morgan fingerprint density at radius 2 is 2.13 bits per heavy atom. The zero-order valence-corrected chi connectivity index (χ0v) is 10.3. The van der Waals surface area contributed by atoms with E-state index in [2.05, 4.69) is 30.5 Å². The maximum atomic E-state index is 4.18. The van der Waals surface area contributed by atoms with E-state index in [-0.39, 0.29) is 0 Å². The number of hydrogen-bond acceptors (Lipinski definition) is 2. The van der Waals surface area contributed by atoms with E-state index >= 15 is 0 Å². The first-order chi connectivity index (χ1) is 7.13. The molecule has 0 radical (unpaired) electrons. The van der Waals surface area contributed by atoms with Crippen molar-refractivity contribution in [2.75, 3.05) is 13.6 Å². The third-order valence-corrected chi connectivity index (χ3v) is 3.14. The third kappa shape index (κ3) is 4.04. The molecule has 2 unspecified atom stereocenters. The summed E-state index contributed by atoms with van der Waals surface area (Å²) in [5, 5.41) is 7.41. The molecule has 0 bridgehead atoms. The molecule has 1 aromatic rings. The van der Waals surface area contributed by atoms with Gasteiger partial charge in [-0.25, -0.2) is 0 Å². The average Bonchev–Trinajstić information content (AvgIpc) is 2.61. The van der Waals surface area contributed by atoms with Gasteiger partial charge in [-0.2, -0.15) is 5.10 Å². The van der Waals surface area contributed by atoms with E-state index in [1.165, 1.54) is 12.0 Å². The second-order valence-corrected chi connectivity index (χ2v) is 4.57. The SMILES string of the molecule is CNCC(C)C(C)CCc1cnn(C)c1. The van der Waals surface area contributed by atoms with Crippen molar-refractivity contribution in [1.29, 1.82) is 0 Å². The molecule has 1 N–H and O–H groups in total. The molecule has 3 heteroatoms. The molecule has 0 aliphatic rings. The van der Waals surface area contributed by atoms with Crippen LogP contribution < -0.4 is 5.32 Å². The molecule has 2 atom stereocenters. The minimum Gasteiger partial charge on any atom is -0.319 e. The predicted octanol–water partition coefficient (Wildman–Crippen LogP) is 1.84. The zero-order chi connectivity index (χ0) is 11.3. The van der Waals surface area contributed by atoms with Crippen LogP contribution in [0.1, 0.15) is 25.8 Å². The molecule has 0 saturated carbocycles. The Morgan fingerprint density at radius 1 is 1.40 bits per heavy atom. The largest absolute Gasteiger partial charge is 0.319 e. The van der Waals surface area contributed by atoms with Crippen LogP contribution in [-0.4, -0.2) is 23.4 Å². The van der Waals surface area contributed by atoms with Gasteiger partial charge >= 0.3 is 0 Å². The lowest BCUT2D eigenvalue weighted by atomic mass is 9.90. The summed E-state index contributed by atoms with van der Waals surface area (Å²) in [5.41, 5.74) is 1.35. The third-order valence-electron chi connectivity index (χ3n) is 3.14. The summed E-state index contributed by atoms with van der Waals surface area (Å²) >= 11 is 0. The van der Waals surface area contributed by atoms with Crippen molar-refractivity contribution in [3.63, 3.8) is 0 Å². The van der Waals surface area contributed by atoms with Crippen LogP contribution in [0.25, 0.3) is 0 Å². The predicted molar refractivity (Wildman–Crippen MR) is 63.8 cm³/mol. The van der Waals surface area contributed by atoms with E-state index in [1.807, 2.05) is 25.0 Å². The quantitative estimate of drug-likeness (QED) is 0.775. The summed E-state index contributed by atoms with van der Waals surface area (Å²) in [6.07, 6.45) is 6.46. The van der Waals surface area contributed by atoms with E-state index in [4.69, 9.17) is 0 Å². The Balaban J connectivity index is 2.30. The smallest absolute Gasteiger partial charge is 0.0521 e. The molecule has 0 spiro atoms. The minimum absolute atomic E-state index is 0.742. The highest BCUT2D eigenvalue weighted by Crippen LogP contribution is 2.16. The molecule has 0 saturated heterocycles. The fraction of sp³-hybridized carbons (Fsp3) is 0.750. The van der Waals surface area contributed by atoms with E-state index in [0.717, 1.165) is 24.8 Å². The zero-order valence-electron chi connectivity index (χ0n) is 10.3. The van der Waals surface area contributed by atoms with E-state index < -0.39 is 0 Å². The number of rotatable bonds is 6. The molecule has 0 aromatic carbocycles. The molecule has 86 valence electrons. The number of nitrogens with one attached hydrogen (secondary N) is 1. The standard InChI is InChI=1S/C12H23N3/c1-10(11(2)7-13-3)5-6-12-8-14-15(4)9-12/h8-11,13H,5-7H2,1-4H3. The lowest BCUT2D eigenvalue weighted by Gasteiger charge is -2.18. The van der Waals surface area contributed by atoms with Crippen LogP contribution in [0.15, 0.2) is 12.4 Å². The van der Waals surface area contributed by atoms with Gasteiger partial charge in [0.15, 0.2) is 0 Å². The van der Waals surface area contributed by atoms with Gasteiger partial charge in [-0.05, 0) is 43.8 Å². The molecule has 0 aliphatic heterocycles. The normalized spacial score (nSPS) is 15.2. The van der Waals surface area contributed by atoms with Crippen LogP contribution in [0.3, 0.4) is 0 Å². The fourth-order valence-corrected chi connectivity index (χ4v) is 1.80. The van der Waals surface area contributed by atoms with E-state index in [9.17, 15) is 0 Å². The second kappa shape index (κ2) is 5.91. The number of aromatic nitrogens is 2. The molecule has 0 amide bonds. The fourth-order valence-electron chi connectivity index (χ4n) is 1.80. The van der Waals surface area contributed by atoms with Crippen molar-refractivity contribution < 1.29 is 0 Å². The van der Waals surface area contributed by atoms with Crippen molar-refractivity contribution >= 4 is 0 Å². The van der Waals surface area contributed by atoms with Crippen LogP contribution in [0, 0.1) is 11.8 Å². The van der Waals surface area contributed by atoms with Crippen molar-refractivity contribution in [3.8, 4) is 0 Å². The van der Waals surface area contributed by atoms with Crippen LogP contribution in [0.4, 0.5) is 0 Å². The van der Waals surface area contributed by atoms with Gasteiger partial charge in [0.25, 0.3) is 0 Å². The Kier molecular flexibility index (Phi) is 4.82. The van der Waals surface area contributed by atoms with Crippen LogP contribution in [0.2, 0.25) is 0 Å². The lowest BCUT2D eigenvalue weighted by molar-refractivity contribution is 0.355. The number of nitrogens with zero attached hydrogens (tertiary/aromatic N) is 2. The van der Waals surface area contributed by atoms with Crippen molar-refractivity contribution in [2.24, 2.45) is 18.9 Å². The van der Waals surface area contributed by atoms with Crippen molar-refractivity contribution in [3.05, 3.63) is 18.0 Å². The molecule has 1 rings (SSSR count). The van der Waals surface area contributed by atoms with Gasteiger partial charge in [0, 0.05) is 13.2 Å². The first-order valence-corrected chi connectivity index (χ1v) is 5.75. The first kappa shape index (κ1) is 12.2. The molecule has 3 nitrogen and oxygen atoms in total. The first-order valence-electron chi connectivity index (χ1n) is 5.75. The maximum Gasteiger partial charge on any atom is 0.0521 e.